The van der Waals surface area contributed by atoms with Crippen LogP contribution in [0.15, 0.2) is 18.3 Å². The van der Waals surface area contributed by atoms with Crippen LogP contribution in [-0.2, 0) is 39.0 Å². The molecule has 1 rings (SSSR count). The van der Waals surface area contributed by atoms with Crippen LogP contribution in [0.1, 0.15) is 0 Å². The quantitative estimate of drug-likeness (QED) is 0.558. The molecule has 0 fully saturated rings. The van der Waals surface area contributed by atoms with Crippen molar-refractivity contribution < 1.29 is 39.0 Å². The van der Waals surface area contributed by atoms with Crippen molar-refractivity contribution in [3.05, 3.63) is 46.8 Å². The van der Waals surface area contributed by atoms with Crippen molar-refractivity contribution in [3.63, 3.8) is 0 Å². The topological polar surface area (TPSA) is 15.8 Å². The predicted molar refractivity (Wildman–Crippen MR) is 38.9 cm³/mol. The first-order chi connectivity index (χ1) is 2.50. The van der Waals surface area contributed by atoms with Crippen molar-refractivity contribution >= 4 is 0 Å². The van der Waals surface area contributed by atoms with E-state index in [4.69, 9.17) is 0 Å². The first-order valence-electron chi connectivity index (χ1n) is 1.49. The van der Waals surface area contributed by atoms with Gasteiger partial charge in [-0.05, 0) is 0 Å². The van der Waals surface area contributed by atoms with Gasteiger partial charge in [-0.2, -0.15) is 18.3 Å². The van der Waals surface area contributed by atoms with Crippen LogP contribution >= 0.6 is 0 Å². The van der Waals surface area contributed by atoms with E-state index in [9.17, 15) is 0 Å². The average molecular weight is 313 g/mol. The maximum Gasteiger partial charge on any atom is 4.00 e. The minimum Gasteiger partial charge on any atom is -0.484 e. The molecule has 0 atom stereocenters. The second-order valence-corrected chi connectivity index (χ2v) is 0.814. The molecule has 0 aliphatic carbocycles. The molecule has 0 spiro atoms. The SMILES string of the molecule is [CH3-].[CH3-].[CH3-].[Ru+4].[Ru].[c-]1ccc[nH]1. The van der Waals surface area contributed by atoms with E-state index in [-0.39, 0.29) is 61.2 Å². The molecule has 0 aliphatic rings. The molecule has 10 heavy (non-hydrogen) atoms. The molecule has 1 aromatic rings. The molecule has 0 unspecified atom stereocenters. The van der Waals surface area contributed by atoms with Gasteiger partial charge in [0.05, 0.1) is 0 Å². The number of H-pyrrole nitrogens is 1. The zero-order chi connectivity index (χ0) is 3.54. The van der Waals surface area contributed by atoms with E-state index >= 15 is 0 Å². The fraction of sp³-hybridized carbons (Fsp3) is 0. The second kappa shape index (κ2) is 22.7. The normalized spacial score (nSPS) is 4.00. The molecular weight excluding hydrogens is 300 g/mol. The van der Waals surface area contributed by atoms with Gasteiger partial charge in [0.1, 0.15) is 0 Å². The summed E-state index contributed by atoms with van der Waals surface area (Å²) < 4.78 is 0. The Balaban J connectivity index is -0.0000000167. The Morgan fingerprint density at radius 3 is 1.70 bits per heavy atom. The van der Waals surface area contributed by atoms with Crippen molar-refractivity contribution in [1.29, 1.82) is 0 Å². The largest absolute Gasteiger partial charge is 4.00 e. The Kier molecular flexibility index (Phi) is 70.9. The molecule has 1 aromatic heterocycles. The summed E-state index contributed by atoms with van der Waals surface area (Å²) in [5.41, 5.74) is 0. The van der Waals surface area contributed by atoms with Crippen molar-refractivity contribution in [2.45, 2.75) is 0 Å². The number of nitrogens with one attached hydrogen (secondary N) is 1. The molecule has 62 valence electrons. The van der Waals surface area contributed by atoms with Crippen LogP contribution < -0.4 is 0 Å². The van der Waals surface area contributed by atoms with E-state index in [2.05, 4.69) is 11.2 Å². The third kappa shape index (κ3) is 15.8. The average Bonchev–Trinajstić information content (AvgIpc) is 1.76. The first kappa shape index (κ1) is 31.3. The number of aromatic amines is 1. The van der Waals surface area contributed by atoms with Crippen molar-refractivity contribution in [2.75, 3.05) is 0 Å². The smallest absolute Gasteiger partial charge is 0.484 e. The second-order valence-electron chi connectivity index (χ2n) is 0.814. The summed E-state index contributed by atoms with van der Waals surface area (Å²) in [6, 6.07) is 3.71. The molecule has 0 radical (unpaired) electrons. The summed E-state index contributed by atoms with van der Waals surface area (Å²) in [5.74, 6) is 0. The Hall–Kier alpha value is 0.527. The molecule has 1 nitrogen and oxygen atoms in total. The summed E-state index contributed by atoms with van der Waals surface area (Å²) >= 11 is 0. The molecule has 0 saturated heterocycles. The zero-order valence-electron chi connectivity index (χ0n) is 6.44. The molecule has 3 heteroatoms. The van der Waals surface area contributed by atoms with Gasteiger partial charge in [0.25, 0.3) is 0 Å². The van der Waals surface area contributed by atoms with Gasteiger partial charge in [-0.15, -0.1) is 6.20 Å². The van der Waals surface area contributed by atoms with Gasteiger partial charge in [-0.1, -0.05) is 0 Å². The molecular formula is C7H13NRu2. The summed E-state index contributed by atoms with van der Waals surface area (Å²) in [7, 11) is 0. The number of aromatic nitrogens is 1. The Bertz CT molecular complexity index is 68.1. The van der Waals surface area contributed by atoms with E-state index in [0.29, 0.717) is 0 Å². The van der Waals surface area contributed by atoms with Crippen LogP contribution in [0.2, 0.25) is 0 Å². The van der Waals surface area contributed by atoms with Gasteiger partial charge in [-0.25, -0.2) is 0 Å². The van der Waals surface area contributed by atoms with Crippen LogP contribution in [0, 0.1) is 28.5 Å². The molecule has 0 amide bonds. The van der Waals surface area contributed by atoms with Crippen LogP contribution in [-0.4, -0.2) is 4.98 Å². The molecule has 0 aliphatic heterocycles. The Labute approximate surface area is 90.5 Å². The summed E-state index contributed by atoms with van der Waals surface area (Å²) in [4.78, 5) is 2.74. The van der Waals surface area contributed by atoms with Gasteiger partial charge in [-0.3, -0.25) is 0 Å². The molecule has 0 bridgehead atoms. The summed E-state index contributed by atoms with van der Waals surface area (Å²) in [6.07, 6.45) is 4.56. The van der Waals surface area contributed by atoms with Crippen molar-refractivity contribution in [1.82, 2.24) is 4.98 Å². The van der Waals surface area contributed by atoms with Crippen LogP contribution in [0.4, 0.5) is 0 Å². The van der Waals surface area contributed by atoms with Crippen molar-refractivity contribution in [3.8, 4) is 0 Å². The first-order valence-corrected chi connectivity index (χ1v) is 1.49. The van der Waals surface area contributed by atoms with Crippen molar-refractivity contribution in [2.24, 2.45) is 0 Å². The molecule has 0 aromatic carbocycles. The third-order valence-corrected chi connectivity index (χ3v) is 0.442. The maximum atomic E-state index is 2.74. The van der Waals surface area contributed by atoms with Gasteiger partial charge < -0.3 is 27.3 Å². The summed E-state index contributed by atoms with van der Waals surface area (Å²) in [6.45, 7) is 0. The van der Waals surface area contributed by atoms with Gasteiger partial charge in [0.15, 0.2) is 0 Å². The van der Waals surface area contributed by atoms with Crippen LogP contribution in [0.25, 0.3) is 0 Å². The fourth-order valence-corrected chi connectivity index (χ4v) is 0.241. The van der Waals surface area contributed by atoms with E-state index in [1.807, 2.05) is 18.3 Å². The Morgan fingerprint density at radius 2 is 1.60 bits per heavy atom. The number of rotatable bonds is 0. The van der Waals surface area contributed by atoms with Gasteiger partial charge in [0.2, 0.25) is 0 Å². The van der Waals surface area contributed by atoms with E-state index < -0.39 is 0 Å². The number of hydrogen-bond acceptors (Lipinski definition) is 0. The minimum atomic E-state index is 0. The van der Waals surface area contributed by atoms with E-state index in [0.717, 1.165) is 0 Å². The standard InChI is InChI=1S/C4H4N.3CH3.2Ru/c1-2-4-5-3-1;;;;;/h1-3,5H;3*1H3;;/q4*-1;;+4. The zero-order valence-corrected chi connectivity index (χ0v) is 9.92. The monoisotopic (exact) mass is 315 g/mol. The third-order valence-electron chi connectivity index (χ3n) is 0.442. The summed E-state index contributed by atoms with van der Waals surface area (Å²) in [5, 5.41) is 0. The maximum absolute atomic E-state index is 2.74. The molecule has 0 saturated carbocycles. The van der Waals surface area contributed by atoms with E-state index in [1.165, 1.54) is 0 Å². The predicted octanol–water partition coefficient (Wildman–Crippen LogP) is 2.16. The molecule has 1 N–H and O–H groups in total. The number of hydrogen-bond donors (Lipinski definition) is 1. The van der Waals surface area contributed by atoms with Crippen LogP contribution in [0.5, 0.6) is 0 Å². The minimum absolute atomic E-state index is 0. The van der Waals surface area contributed by atoms with Gasteiger partial charge in [0, 0.05) is 19.5 Å². The molecule has 1 heterocycles. The van der Waals surface area contributed by atoms with Crippen LogP contribution in [0.3, 0.4) is 0 Å². The fourth-order valence-electron chi connectivity index (χ4n) is 0.241. The Morgan fingerprint density at radius 1 is 1.10 bits per heavy atom. The van der Waals surface area contributed by atoms with Gasteiger partial charge >= 0.3 is 19.5 Å². The van der Waals surface area contributed by atoms with E-state index in [1.54, 1.807) is 0 Å².